The highest BCUT2D eigenvalue weighted by molar-refractivity contribution is 7.66. The second kappa shape index (κ2) is 10.1. The van der Waals surface area contributed by atoms with Crippen molar-refractivity contribution in [1.82, 2.24) is 9.55 Å². The number of nitrogens with one attached hydrogen (secondary N) is 1. The summed E-state index contributed by atoms with van der Waals surface area (Å²) in [5.41, 5.74) is 7.47. The van der Waals surface area contributed by atoms with Crippen molar-refractivity contribution in [3.63, 3.8) is 0 Å². The number of rotatable bonds is 9. The van der Waals surface area contributed by atoms with Crippen LogP contribution < -0.4 is 11.2 Å². The van der Waals surface area contributed by atoms with E-state index in [9.17, 15) is 33.1 Å². The molecular weight excluding hydrogens is 503 g/mol. The molecule has 18 nitrogen and oxygen atoms in total. The van der Waals surface area contributed by atoms with Crippen molar-refractivity contribution in [3.05, 3.63) is 43.0 Å². The molecule has 0 aliphatic carbocycles. The maximum absolute atomic E-state index is 12.1. The lowest BCUT2D eigenvalue weighted by Crippen LogP contribution is -2.43. The van der Waals surface area contributed by atoms with Gasteiger partial charge in [0.25, 0.3) is 5.56 Å². The number of H-pyrrole nitrogens is 1. The van der Waals surface area contributed by atoms with Gasteiger partial charge in [0, 0.05) is 16.7 Å². The first-order chi connectivity index (χ1) is 14.6. The largest absolute Gasteiger partial charge is 0.490 e. The number of aromatic nitrogens is 2. The van der Waals surface area contributed by atoms with Gasteiger partial charge in [0.05, 0.1) is 18.8 Å². The Morgan fingerprint density at radius 3 is 2.47 bits per heavy atom. The molecule has 0 bridgehead atoms. The summed E-state index contributed by atoms with van der Waals surface area (Å²) in [6.07, 6.45) is -0.796. The number of azide groups is 1. The molecule has 1 fully saturated rings. The summed E-state index contributed by atoms with van der Waals surface area (Å²) in [5.74, 6) is 0. The van der Waals surface area contributed by atoms with Gasteiger partial charge in [0.1, 0.15) is 6.23 Å². The summed E-state index contributed by atoms with van der Waals surface area (Å²) in [4.78, 5) is 64.1. The Morgan fingerprint density at radius 1 is 1.22 bits per heavy atom. The van der Waals surface area contributed by atoms with E-state index in [1.165, 1.54) is 13.1 Å². The number of hydrogen-bond donors (Lipinski definition) is 5. The summed E-state index contributed by atoms with van der Waals surface area (Å²) >= 11 is 0. The van der Waals surface area contributed by atoms with Crippen molar-refractivity contribution >= 4 is 23.5 Å². The highest BCUT2D eigenvalue weighted by Crippen LogP contribution is 2.66. The van der Waals surface area contributed by atoms with Gasteiger partial charge >= 0.3 is 29.2 Å². The van der Waals surface area contributed by atoms with E-state index in [4.69, 9.17) is 20.1 Å². The van der Waals surface area contributed by atoms with Crippen molar-refractivity contribution < 1.29 is 51.2 Å². The third-order valence-electron chi connectivity index (χ3n) is 3.94. The molecule has 3 unspecified atom stereocenters. The van der Waals surface area contributed by atoms with Gasteiger partial charge in [0.2, 0.25) is 0 Å². The van der Waals surface area contributed by atoms with Crippen molar-refractivity contribution in [2.75, 3.05) is 6.61 Å². The predicted molar refractivity (Wildman–Crippen MR) is 102 cm³/mol. The lowest BCUT2D eigenvalue weighted by atomic mass is 10.0. The summed E-state index contributed by atoms with van der Waals surface area (Å²) in [7, 11) is -16.7. The van der Waals surface area contributed by atoms with E-state index < -0.39 is 59.7 Å². The van der Waals surface area contributed by atoms with E-state index in [1.54, 1.807) is 0 Å². The van der Waals surface area contributed by atoms with Gasteiger partial charge in [-0.1, -0.05) is 5.11 Å². The fraction of sp³-hybridized carbons (Fsp3) is 0.636. The number of hydrogen-bond acceptors (Lipinski definition) is 10. The van der Waals surface area contributed by atoms with Gasteiger partial charge in [-0.05, 0) is 25.3 Å². The third kappa shape index (κ3) is 7.74. The average molecular weight is 521 g/mol. The van der Waals surface area contributed by atoms with E-state index in [0.29, 0.717) is 0 Å². The SMILES string of the molecule is Cc1cn([C@H]2CCC(N=[N+]=[N-])[C@@H](COP(=O)(O)OP(=O)(O)OP(=O)(O)O)O2)c(=O)[nH]c1=O. The van der Waals surface area contributed by atoms with Crippen LogP contribution >= 0.6 is 23.5 Å². The minimum absolute atomic E-state index is 0.115. The van der Waals surface area contributed by atoms with Crippen LogP contribution in [0.2, 0.25) is 0 Å². The van der Waals surface area contributed by atoms with E-state index in [1.807, 2.05) is 0 Å². The topological polar surface area (TPSA) is 273 Å². The molecule has 32 heavy (non-hydrogen) atoms. The van der Waals surface area contributed by atoms with E-state index in [0.717, 1.165) is 4.57 Å². The van der Waals surface area contributed by atoms with Gasteiger partial charge in [0.15, 0.2) is 0 Å². The Hall–Kier alpha value is -1.64. The zero-order valence-electron chi connectivity index (χ0n) is 16.0. The fourth-order valence-electron chi connectivity index (χ4n) is 2.68. The maximum atomic E-state index is 12.1. The molecule has 1 aliphatic heterocycles. The number of nitrogens with zero attached hydrogens (tertiary/aromatic N) is 4. The Bertz CT molecular complexity index is 1150. The zero-order chi connectivity index (χ0) is 24.3. The van der Waals surface area contributed by atoms with Crippen LogP contribution in [0.3, 0.4) is 0 Å². The number of phosphoric ester groups is 1. The number of aryl methyl sites for hydroxylation is 1. The maximum Gasteiger partial charge on any atom is 0.490 e. The molecule has 0 saturated carbocycles. The molecule has 5 N–H and O–H groups in total. The van der Waals surface area contributed by atoms with E-state index >= 15 is 0 Å². The van der Waals surface area contributed by atoms with Crippen LogP contribution in [-0.2, 0) is 31.6 Å². The minimum atomic E-state index is -5.71. The van der Waals surface area contributed by atoms with Gasteiger partial charge in [-0.25, -0.2) is 18.5 Å². The van der Waals surface area contributed by atoms with Crippen LogP contribution in [-0.4, -0.2) is 47.9 Å². The normalized spacial score (nSPS) is 25.3. The monoisotopic (exact) mass is 521 g/mol. The smallest absolute Gasteiger partial charge is 0.352 e. The predicted octanol–water partition coefficient (Wildman–Crippen LogP) is 0.545. The molecule has 0 spiro atoms. The molecule has 2 heterocycles. The first-order valence-corrected chi connectivity index (χ1v) is 12.9. The number of phosphoric acid groups is 3. The fourth-order valence-corrected chi connectivity index (χ4v) is 5.71. The second-order valence-corrected chi connectivity index (χ2v) is 10.8. The van der Waals surface area contributed by atoms with Crippen molar-refractivity contribution in [1.29, 1.82) is 0 Å². The van der Waals surface area contributed by atoms with E-state index in [2.05, 4.69) is 28.2 Å². The van der Waals surface area contributed by atoms with Crippen LogP contribution in [0.25, 0.3) is 10.4 Å². The number of ether oxygens (including phenoxy) is 1. The van der Waals surface area contributed by atoms with Crippen molar-refractivity contribution in [3.8, 4) is 0 Å². The molecule has 1 aromatic rings. The summed E-state index contributed by atoms with van der Waals surface area (Å²) in [6, 6.07) is -0.955. The molecule has 1 aromatic heterocycles. The molecule has 0 aromatic carbocycles. The van der Waals surface area contributed by atoms with Crippen LogP contribution in [0.15, 0.2) is 20.9 Å². The first-order valence-electron chi connectivity index (χ1n) is 8.42. The first kappa shape index (κ1) is 26.6. The van der Waals surface area contributed by atoms with E-state index in [-0.39, 0.29) is 18.4 Å². The second-order valence-electron chi connectivity index (χ2n) is 6.34. The molecule has 5 atom stereocenters. The van der Waals surface area contributed by atoms with Crippen LogP contribution in [0.4, 0.5) is 0 Å². The van der Waals surface area contributed by atoms with Crippen molar-refractivity contribution in [2.24, 2.45) is 5.11 Å². The Labute approximate surface area is 177 Å². The number of aromatic amines is 1. The Kier molecular flexibility index (Phi) is 8.40. The lowest BCUT2D eigenvalue weighted by Gasteiger charge is -2.35. The highest BCUT2D eigenvalue weighted by Gasteiger charge is 2.42. The Morgan fingerprint density at radius 2 is 1.88 bits per heavy atom. The lowest BCUT2D eigenvalue weighted by molar-refractivity contribution is -0.116. The van der Waals surface area contributed by atoms with Crippen molar-refractivity contribution in [2.45, 2.75) is 38.1 Å². The van der Waals surface area contributed by atoms with Crippen LogP contribution in [0.1, 0.15) is 24.6 Å². The molecular formula is C11H18N5O13P3. The molecule has 0 amide bonds. The average Bonchev–Trinajstić information content (AvgIpc) is 2.61. The van der Waals surface area contributed by atoms with Crippen LogP contribution in [0, 0.1) is 6.92 Å². The zero-order valence-corrected chi connectivity index (χ0v) is 18.7. The van der Waals surface area contributed by atoms with Gasteiger partial charge in [-0.3, -0.25) is 18.9 Å². The molecule has 180 valence electrons. The molecule has 1 aliphatic rings. The van der Waals surface area contributed by atoms with Crippen LogP contribution in [0.5, 0.6) is 0 Å². The van der Waals surface area contributed by atoms with Gasteiger partial charge in [-0.15, -0.1) is 0 Å². The van der Waals surface area contributed by atoms with Gasteiger partial charge in [-0.2, -0.15) is 8.62 Å². The molecule has 1 saturated heterocycles. The summed E-state index contributed by atoms with van der Waals surface area (Å²) in [6.45, 7) is 0.564. The molecule has 21 heteroatoms. The van der Waals surface area contributed by atoms with Gasteiger partial charge < -0.3 is 24.3 Å². The molecule has 2 rings (SSSR count). The summed E-state index contributed by atoms with van der Waals surface area (Å²) in [5, 5.41) is 3.46. The minimum Gasteiger partial charge on any atom is -0.352 e. The molecule has 0 radical (unpaired) electrons. The summed E-state index contributed by atoms with van der Waals surface area (Å²) < 4.78 is 52.3. The highest BCUT2D eigenvalue weighted by atomic mass is 31.3. The quantitative estimate of drug-likeness (QED) is 0.129. The third-order valence-corrected chi connectivity index (χ3v) is 7.75. The Balaban J connectivity index is 2.17. The standard InChI is InChI=1S/C11H18N5O13P3/c1-6-4-16(11(18)13-10(6)17)9-3-2-7(14-15-12)8(27-9)5-26-31(22,23)29-32(24,25)28-30(19,20)21/h4,7-9H,2-3,5H2,1H3,(H,22,23)(H,24,25)(H,13,17,18)(H2,19,20,21)/t7?,8-,9-/m1/s1.